The summed E-state index contributed by atoms with van der Waals surface area (Å²) in [4.78, 5) is 11.2. The van der Waals surface area contributed by atoms with Gasteiger partial charge in [-0.05, 0) is 49.4 Å². The summed E-state index contributed by atoms with van der Waals surface area (Å²) in [5.41, 5.74) is 0.689. The minimum atomic E-state index is -0.512. The molecule has 2 heterocycles. The van der Waals surface area contributed by atoms with E-state index in [1.165, 1.54) is 25.0 Å². The molecule has 0 bridgehead atoms. The molecule has 0 spiro atoms. The molecule has 1 aromatic heterocycles. The van der Waals surface area contributed by atoms with Gasteiger partial charge >= 0.3 is 0 Å². The van der Waals surface area contributed by atoms with Crippen LogP contribution in [0.15, 0.2) is 30.5 Å². The molecule has 0 radical (unpaired) electrons. The van der Waals surface area contributed by atoms with Gasteiger partial charge in [0.05, 0.1) is 0 Å². The maximum atomic E-state index is 13.3. The first kappa shape index (κ1) is 16.4. The lowest BCUT2D eigenvalue weighted by molar-refractivity contribution is 0.210. The van der Waals surface area contributed by atoms with E-state index in [2.05, 4.69) is 20.2 Å². The summed E-state index contributed by atoms with van der Waals surface area (Å²) in [6.45, 7) is 2.38. The molecule has 4 rings (SSSR count). The van der Waals surface area contributed by atoms with Crippen molar-refractivity contribution in [1.82, 2.24) is 14.9 Å². The Hall–Kier alpha value is -2.08. The first-order chi connectivity index (χ1) is 12.2. The number of rotatable bonds is 5. The van der Waals surface area contributed by atoms with Gasteiger partial charge in [0.2, 0.25) is 0 Å². The van der Waals surface area contributed by atoms with Gasteiger partial charge in [-0.15, -0.1) is 0 Å². The molecule has 4 nitrogen and oxygen atoms in total. The van der Waals surface area contributed by atoms with Crippen molar-refractivity contribution < 1.29 is 8.78 Å². The van der Waals surface area contributed by atoms with Crippen LogP contribution in [0.5, 0.6) is 0 Å². The first-order valence-corrected chi connectivity index (χ1v) is 8.92. The third-order valence-corrected chi connectivity index (χ3v) is 4.88. The second-order valence-corrected chi connectivity index (χ2v) is 7.05. The largest absolute Gasteiger partial charge is 0.367 e. The summed E-state index contributed by atoms with van der Waals surface area (Å²) in [7, 11) is 0. The lowest BCUT2D eigenvalue weighted by atomic mass is 10.0. The summed E-state index contributed by atoms with van der Waals surface area (Å²) in [6, 6.07) is 6.04. The van der Waals surface area contributed by atoms with Crippen LogP contribution in [0.1, 0.15) is 43.0 Å². The van der Waals surface area contributed by atoms with E-state index in [4.69, 9.17) is 0 Å². The van der Waals surface area contributed by atoms with Gasteiger partial charge in [0.25, 0.3) is 0 Å². The highest BCUT2D eigenvalue weighted by molar-refractivity contribution is 5.35. The number of anilines is 1. The SMILES string of the molecule is Fc1cc(F)cc(CN2CCC(Nc3ccnc(C4CC4)n3)CC2)c1. The van der Waals surface area contributed by atoms with Crippen LogP contribution < -0.4 is 5.32 Å². The van der Waals surface area contributed by atoms with Crippen molar-refractivity contribution in [1.29, 1.82) is 0 Å². The van der Waals surface area contributed by atoms with Crippen molar-refractivity contribution in [3.05, 3.63) is 53.5 Å². The fraction of sp³-hybridized carbons (Fsp3) is 0.474. The Morgan fingerprint density at radius 2 is 1.76 bits per heavy atom. The van der Waals surface area contributed by atoms with Gasteiger partial charge in [-0.25, -0.2) is 18.7 Å². The fourth-order valence-electron chi connectivity index (χ4n) is 3.40. The average Bonchev–Trinajstić information content (AvgIpc) is 3.41. The van der Waals surface area contributed by atoms with Gasteiger partial charge < -0.3 is 5.32 Å². The molecule has 0 amide bonds. The quantitative estimate of drug-likeness (QED) is 0.898. The van der Waals surface area contributed by atoms with E-state index >= 15 is 0 Å². The van der Waals surface area contributed by atoms with Crippen LogP contribution in [0, 0.1) is 11.6 Å². The first-order valence-electron chi connectivity index (χ1n) is 8.92. The number of benzene rings is 1. The maximum Gasteiger partial charge on any atom is 0.133 e. The molecule has 1 saturated heterocycles. The van der Waals surface area contributed by atoms with E-state index in [1.807, 2.05) is 12.3 Å². The van der Waals surface area contributed by atoms with Crippen LogP contribution in [0.25, 0.3) is 0 Å². The summed E-state index contributed by atoms with van der Waals surface area (Å²) in [5.74, 6) is 1.39. The molecule has 6 heteroatoms. The highest BCUT2D eigenvalue weighted by atomic mass is 19.1. The number of hydrogen-bond acceptors (Lipinski definition) is 4. The third kappa shape index (κ3) is 4.31. The summed E-state index contributed by atoms with van der Waals surface area (Å²) < 4.78 is 26.6. The van der Waals surface area contributed by atoms with Crippen LogP contribution in [0.4, 0.5) is 14.6 Å². The van der Waals surface area contributed by atoms with Crippen LogP contribution in [-0.2, 0) is 6.54 Å². The summed E-state index contributed by atoms with van der Waals surface area (Å²) in [5, 5.41) is 3.51. The Bertz CT molecular complexity index is 720. The maximum absolute atomic E-state index is 13.3. The van der Waals surface area contributed by atoms with Gasteiger partial charge in [0, 0.05) is 43.9 Å². The van der Waals surface area contributed by atoms with Crippen molar-refractivity contribution in [3.8, 4) is 0 Å². The van der Waals surface area contributed by atoms with E-state index in [-0.39, 0.29) is 0 Å². The molecule has 1 aliphatic heterocycles. The fourth-order valence-corrected chi connectivity index (χ4v) is 3.40. The highest BCUT2D eigenvalue weighted by Gasteiger charge is 2.27. The molecule has 0 unspecified atom stereocenters. The van der Waals surface area contributed by atoms with E-state index < -0.39 is 11.6 Å². The summed E-state index contributed by atoms with van der Waals surface area (Å²) in [6.07, 6.45) is 6.20. The molecule has 2 fully saturated rings. The standard InChI is InChI=1S/C19H22F2N4/c20-15-9-13(10-16(21)11-15)12-25-7-4-17(5-8-25)23-18-3-6-22-19(24-18)14-1-2-14/h3,6,9-11,14,17H,1-2,4-5,7-8,12H2,(H,22,23,24). The molecular weight excluding hydrogens is 322 g/mol. The van der Waals surface area contributed by atoms with Crippen molar-refractivity contribution in [2.24, 2.45) is 0 Å². The van der Waals surface area contributed by atoms with Crippen molar-refractivity contribution >= 4 is 5.82 Å². The van der Waals surface area contributed by atoms with Crippen LogP contribution in [0.3, 0.4) is 0 Å². The lowest BCUT2D eigenvalue weighted by Gasteiger charge is -2.32. The Morgan fingerprint density at radius 1 is 1.04 bits per heavy atom. The summed E-state index contributed by atoms with van der Waals surface area (Å²) >= 11 is 0. The van der Waals surface area contributed by atoms with Gasteiger partial charge in [-0.1, -0.05) is 0 Å². The van der Waals surface area contributed by atoms with E-state index in [0.717, 1.165) is 43.6 Å². The second-order valence-electron chi connectivity index (χ2n) is 7.05. The number of halogens is 2. The predicted molar refractivity (Wildman–Crippen MR) is 92.3 cm³/mol. The number of hydrogen-bond donors (Lipinski definition) is 1. The Morgan fingerprint density at radius 3 is 2.44 bits per heavy atom. The van der Waals surface area contributed by atoms with Gasteiger partial charge in [0.1, 0.15) is 23.3 Å². The van der Waals surface area contributed by atoms with Gasteiger partial charge in [-0.2, -0.15) is 0 Å². The molecule has 2 aliphatic rings. The van der Waals surface area contributed by atoms with Crippen molar-refractivity contribution in [2.75, 3.05) is 18.4 Å². The van der Waals surface area contributed by atoms with E-state index in [1.54, 1.807) is 0 Å². The minimum Gasteiger partial charge on any atom is -0.367 e. The van der Waals surface area contributed by atoms with Crippen molar-refractivity contribution in [3.63, 3.8) is 0 Å². The Labute approximate surface area is 146 Å². The molecule has 25 heavy (non-hydrogen) atoms. The Balaban J connectivity index is 1.30. The third-order valence-electron chi connectivity index (χ3n) is 4.88. The molecular formula is C19H22F2N4. The molecule has 2 aromatic rings. The lowest BCUT2D eigenvalue weighted by Crippen LogP contribution is -2.38. The Kier molecular flexibility index (Phi) is 4.61. The minimum absolute atomic E-state index is 0.377. The molecule has 1 aromatic carbocycles. The molecule has 1 aliphatic carbocycles. The average molecular weight is 344 g/mol. The van der Waals surface area contributed by atoms with E-state index in [9.17, 15) is 8.78 Å². The molecule has 132 valence electrons. The zero-order valence-corrected chi connectivity index (χ0v) is 14.1. The van der Waals surface area contributed by atoms with Crippen molar-refractivity contribution in [2.45, 2.75) is 44.2 Å². The van der Waals surface area contributed by atoms with Gasteiger partial charge in [-0.3, -0.25) is 4.90 Å². The van der Waals surface area contributed by atoms with Crippen LogP contribution in [-0.4, -0.2) is 34.0 Å². The molecule has 1 N–H and O–H groups in total. The predicted octanol–water partition coefficient (Wildman–Crippen LogP) is 3.71. The normalized spacial score (nSPS) is 19.1. The molecule has 0 atom stereocenters. The van der Waals surface area contributed by atoms with Crippen LogP contribution >= 0.6 is 0 Å². The number of likely N-dealkylation sites (tertiary alicyclic amines) is 1. The topological polar surface area (TPSA) is 41.0 Å². The molecule has 1 saturated carbocycles. The number of aromatic nitrogens is 2. The number of nitrogens with zero attached hydrogens (tertiary/aromatic N) is 3. The zero-order valence-electron chi connectivity index (χ0n) is 14.1. The highest BCUT2D eigenvalue weighted by Crippen LogP contribution is 2.38. The number of piperidine rings is 1. The van der Waals surface area contributed by atoms with E-state index in [0.29, 0.717) is 24.1 Å². The smallest absolute Gasteiger partial charge is 0.133 e. The number of nitrogens with one attached hydrogen (secondary N) is 1. The second kappa shape index (κ2) is 7.04. The zero-order chi connectivity index (χ0) is 17.2. The monoisotopic (exact) mass is 344 g/mol. The van der Waals surface area contributed by atoms with Crippen LogP contribution in [0.2, 0.25) is 0 Å². The van der Waals surface area contributed by atoms with Gasteiger partial charge in [0.15, 0.2) is 0 Å².